The lowest BCUT2D eigenvalue weighted by molar-refractivity contribution is -0.124. The topological polar surface area (TPSA) is 67.4 Å². The van der Waals surface area contributed by atoms with Gasteiger partial charge in [0.25, 0.3) is 5.91 Å². The number of carbonyl (C=O) groups is 2. The van der Waals surface area contributed by atoms with E-state index in [0.717, 1.165) is 12.5 Å². The number of amides is 2. The van der Waals surface area contributed by atoms with Crippen LogP contribution in [0.2, 0.25) is 15.1 Å². The van der Waals surface area contributed by atoms with Crippen LogP contribution in [0.1, 0.15) is 29.9 Å². The lowest BCUT2D eigenvalue weighted by Crippen LogP contribution is -2.28. The van der Waals surface area contributed by atoms with Crippen LogP contribution in [0.4, 0.5) is 15.8 Å². The first kappa shape index (κ1) is 24.8. The molecule has 1 saturated carbocycles. The first-order valence-electron chi connectivity index (χ1n) is 10.1. The molecule has 2 fully saturated rings. The fraction of sp³-hybridized carbons (Fsp3) is 0.364. The summed E-state index contributed by atoms with van der Waals surface area (Å²) < 4.78 is 18.4. The summed E-state index contributed by atoms with van der Waals surface area (Å²) in [6.07, 6.45) is 0.708. The van der Waals surface area contributed by atoms with E-state index in [4.69, 9.17) is 62.7 Å². The second kappa shape index (κ2) is 9.40. The molecule has 5 nitrogen and oxygen atoms in total. The molecule has 33 heavy (non-hydrogen) atoms. The molecule has 1 aliphatic heterocycles. The van der Waals surface area contributed by atoms with Crippen molar-refractivity contribution >= 4 is 81.2 Å². The van der Waals surface area contributed by atoms with Crippen LogP contribution >= 0.6 is 58.0 Å². The van der Waals surface area contributed by atoms with Crippen molar-refractivity contribution in [2.75, 3.05) is 17.2 Å². The third kappa shape index (κ3) is 4.79. The van der Waals surface area contributed by atoms with Crippen molar-refractivity contribution in [1.29, 1.82) is 0 Å². The van der Waals surface area contributed by atoms with E-state index in [2.05, 4.69) is 10.6 Å². The highest BCUT2D eigenvalue weighted by Gasteiger charge is 2.67. The van der Waals surface area contributed by atoms with Crippen LogP contribution in [0, 0.1) is 18.7 Å². The zero-order valence-electron chi connectivity index (χ0n) is 17.2. The number of benzene rings is 2. The SMILES string of the molecule is Cc1c(NC(=O)[C@H]2[C@H](c3cc(Cl)c(Cl)c(Cl)c3)C2(Cl)Cl)ccc(F)c1NC(=O)C1CCCO1. The largest absolute Gasteiger partial charge is 0.368 e. The maximum atomic E-state index is 14.5. The predicted molar refractivity (Wildman–Crippen MR) is 130 cm³/mol. The van der Waals surface area contributed by atoms with Gasteiger partial charge in [-0.05, 0) is 55.2 Å². The average Bonchev–Trinajstić information content (AvgIpc) is 3.08. The summed E-state index contributed by atoms with van der Waals surface area (Å²) in [7, 11) is 0. The molecule has 0 spiro atoms. The van der Waals surface area contributed by atoms with Gasteiger partial charge in [-0.3, -0.25) is 9.59 Å². The molecular weight excluding hydrogens is 537 g/mol. The highest BCUT2D eigenvalue weighted by atomic mass is 35.5. The molecule has 2 amide bonds. The smallest absolute Gasteiger partial charge is 0.253 e. The Hall–Kier alpha value is -1.28. The Bertz CT molecular complexity index is 1110. The van der Waals surface area contributed by atoms with Gasteiger partial charge < -0.3 is 15.4 Å². The van der Waals surface area contributed by atoms with Gasteiger partial charge in [0.15, 0.2) is 0 Å². The van der Waals surface area contributed by atoms with Crippen molar-refractivity contribution in [3.8, 4) is 0 Å². The van der Waals surface area contributed by atoms with Gasteiger partial charge in [0.1, 0.15) is 16.3 Å². The van der Waals surface area contributed by atoms with Gasteiger partial charge in [0.2, 0.25) is 5.91 Å². The van der Waals surface area contributed by atoms with E-state index in [9.17, 15) is 14.0 Å². The number of nitrogens with one attached hydrogen (secondary N) is 2. The fourth-order valence-corrected chi connectivity index (χ4v) is 5.43. The second-order valence-electron chi connectivity index (χ2n) is 8.00. The number of carbonyl (C=O) groups excluding carboxylic acids is 2. The molecule has 0 radical (unpaired) electrons. The van der Waals surface area contributed by atoms with Gasteiger partial charge in [-0.15, -0.1) is 23.2 Å². The van der Waals surface area contributed by atoms with Gasteiger partial charge in [-0.2, -0.15) is 0 Å². The van der Waals surface area contributed by atoms with Crippen molar-refractivity contribution in [2.45, 2.75) is 36.1 Å². The van der Waals surface area contributed by atoms with Crippen LogP contribution < -0.4 is 10.6 Å². The van der Waals surface area contributed by atoms with Crippen molar-refractivity contribution < 1.29 is 18.7 Å². The molecule has 2 aromatic rings. The standard InChI is InChI=1S/C22H18Cl5FN2O3/c1-9-14(5-4-13(28)19(9)30-20(31)15-3-2-6-33-15)29-21(32)17-16(22(17,26)27)10-7-11(23)18(25)12(24)8-10/h4-5,7-8,15-17H,2-3,6H2,1H3,(H,29,32)(H,30,31)/t15?,16-,17+/m0/s1. The van der Waals surface area contributed by atoms with Gasteiger partial charge >= 0.3 is 0 Å². The monoisotopic (exact) mass is 552 g/mol. The van der Waals surface area contributed by atoms with Crippen LogP contribution in [-0.2, 0) is 14.3 Å². The molecule has 2 aromatic carbocycles. The quantitative estimate of drug-likeness (QED) is 0.318. The van der Waals surface area contributed by atoms with E-state index in [-0.39, 0.29) is 20.8 Å². The maximum Gasteiger partial charge on any atom is 0.253 e. The Kier molecular flexibility index (Phi) is 7.08. The number of alkyl halides is 2. The normalized spacial score (nSPS) is 23.3. The molecular formula is C22H18Cl5FN2O3. The van der Waals surface area contributed by atoms with Gasteiger partial charge in [0.05, 0.1) is 26.7 Å². The summed E-state index contributed by atoms with van der Waals surface area (Å²) in [5, 5.41) is 5.92. The van der Waals surface area contributed by atoms with Gasteiger partial charge in [-0.1, -0.05) is 34.8 Å². The van der Waals surface area contributed by atoms with Crippen molar-refractivity contribution in [3.63, 3.8) is 0 Å². The number of ether oxygens (including phenoxy) is 1. The molecule has 1 aliphatic carbocycles. The van der Waals surface area contributed by atoms with Crippen LogP contribution in [0.5, 0.6) is 0 Å². The van der Waals surface area contributed by atoms with Gasteiger partial charge in [-0.25, -0.2) is 4.39 Å². The first-order valence-corrected chi connectivity index (χ1v) is 12.0. The van der Waals surface area contributed by atoms with Crippen molar-refractivity contribution in [3.05, 3.63) is 56.3 Å². The molecule has 2 aliphatic rings. The molecule has 11 heteroatoms. The average molecular weight is 555 g/mol. The Morgan fingerprint density at radius 1 is 1.09 bits per heavy atom. The van der Waals surface area contributed by atoms with E-state index in [1.165, 1.54) is 6.07 Å². The Morgan fingerprint density at radius 2 is 1.76 bits per heavy atom. The molecule has 0 bridgehead atoms. The van der Waals surface area contributed by atoms with E-state index in [1.807, 2.05) is 0 Å². The van der Waals surface area contributed by atoms with E-state index >= 15 is 0 Å². The lowest BCUT2D eigenvalue weighted by Gasteiger charge is -2.16. The zero-order chi connectivity index (χ0) is 24.1. The molecule has 2 N–H and O–H groups in total. The van der Waals surface area contributed by atoms with Crippen LogP contribution in [0.3, 0.4) is 0 Å². The Morgan fingerprint density at radius 3 is 2.36 bits per heavy atom. The molecule has 3 atom stereocenters. The minimum atomic E-state index is -1.39. The summed E-state index contributed by atoms with van der Waals surface area (Å²) in [5.41, 5.74) is 1.20. The second-order valence-corrected chi connectivity index (χ2v) is 10.6. The minimum Gasteiger partial charge on any atom is -0.368 e. The third-order valence-electron chi connectivity index (χ3n) is 5.84. The lowest BCUT2D eigenvalue weighted by atomic mass is 10.1. The van der Waals surface area contributed by atoms with Crippen LogP contribution in [0.15, 0.2) is 24.3 Å². The van der Waals surface area contributed by atoms with E-state index in [1.54, 1.807) is 19.1 Å². The Labute approximate surface area is 214 Å². The molecule has 1 heterocycles. The van der Waals surface area contributed by atoms with Gasteiger partial charge in [0, 0.05) is 18.2 Å². The summed E-state index contributed by atoms with van der Waals surface area (Å²) in [5.74, 6) is -2.93. The molecule has 176 valence electrons. The predicted octanol–water partition coefficient (Wildman–Crippen LogP) is 6.74. The maximum absolute atomic E-state index is 14.5. The number of anilines is 2. The number of halogens is 6. The summed E-state index contributed by atoms with van der Waals surface area (Å²) in [6, 6.07) is 5.69. The summed E-state index contributed by atoms with van der Waals surface area (Å²) >= 11 is 31.0. The third-order valence-corrected chi connectivity index (χ3v) is 7.98. The summed E-state index contributed by atoms with van der Waals surface area (Å²) in [6.45, 7) is 2.07. The van der Waals surface area contributed by atoms with E-state index < -0.39 is 39.9 Å². The highest BCUT2D eigenvalue weighted by molar-refractivity contribution is 6.54. The molecule has 4 rings (SSSR count). The summed E-state index contributed by atoms with van der Waals surface area (Å²) in [4.78, 5) is 25.4. The van der Waals surface area contributed by atoms with Crippen LogP contribution in [0.25, 0.3) is 0 Å². The number of rotatable bonds is 5. The van der Waals surface area contributed by atoms with Crippen molar-refractivity contribution in [1.82, 2.24) is 0 Å². The molecule has 1 unspecified atom stereocenters. The number of hydrogen-bond acceptors (Lipinski definition) is 3. The van der Waals surface area contributed by atoms with Crippen LogP contribution in [-0.4, -0.2) is 28.9 Å². The minimum absolute atomic E-state index is 0.0278. The first-order chi connectivity index (χ1) is 15.5. The Balaban J connectivity index is 1.53. The molecule has 0 aromatic heterocycles. The van der Waals surface area contributed by atoms with Crippen molar-refractivity contribution in [2.24, 2.45) is 5.92 Å². The molecule has 1 saturated heterocycles. The number of hydrogen-bond donors (Lipinski definition) is 2. The highest BCUT2D eigenvalue weighted by Crippen LogP contribution is 2.65. The van der Waals surface area contributed by atoms with E-state index in [0.29, 0.717) is 29.8 Å². The fourth-order valence-electron chi connectivity index (χ4n) is 3.99. The zero-order valence-corrected chi connectivity index (χ0v) is 20.9.